The minimum absolute atomic E-state index is 0.244. The van der Waals surface area contributed by atoms with Crippen LogP contribution < -0.4 is 5.32 Å². The highest BCUT2D eigenvalue weighted by Crippen LogP contribution is 2.13. The van der Waals surface area contributed by atoms with Crippen LogP contribution in [0.3, 0.4) is 0 Å². The summed E-state index contributed by atoms with van der Waals surface area (Å²) in [4.78, 5) is 16.6. The second-order valence-corrected chi connectivity index (χ2v) is 5.44. The zero-order valence-electron chi connectivity index (χ0n) is 12.1. The fraction of sp³-hybridized carbons (Fsp3) is 0.929. The van der Waals surface area contributed by atoms with Gasteiger partial charge in [0.1, 0.15) is 0 Å². The van der Waals surface area contributed by atoms with E-state index in [1.807, 2.05) is 11.8 Å². The molecule has 1 unspecified atom stereocenters. The number of carbonyl (C=O) groups is 1. The van der Waals surface area contributed by atoms with E-state index < -0.39 is 0 Å². The highest BCUT2D eigenvalue weighted by molar-refractivity contribution is 5.78. The Kier molecular flexibility index (Phi) is 6.07. The van der Waals surface area contributed by atoms with E-state index in [0.717, 1.165) is 65.1 Å². The standard InChI is InChI=1S/C14H27N3O2/c1-2-19-13-5-3-9-17(11-13)14(18)12-16-8-4-6-15-7-10-16/h13,15H,2-12H2,1H3. The van der Waals surface area contributed by atoms with Gasteiger partial charge in [0, 0.05) is 32.8 Å². The minimum atomic E-state index is 0.244. The lowest BCUT2D eigenvalue weighted by molar-refractivity contribution is -0.136. The molecule has 1 N–H and O–H groups in total. The molecule has 0 spiro atoms. The number of likely N-dealkylation sites (tertiary alicyclic amines) is 1. The fourth-order valence-corrected chi connectivity index (χ4v) is 2.89. The molecule has 0 aromatic rings. The average molecular weight is 269 g/mol. The van der Waals surface area contributed by atoms with Gasteiger partial charge in [-0.15, -0.1) is 0 Å². The first-order valence-corrected chi connectivity index (χ1v) is 7.62. The van der Waals surface area contributed by atoms with Crippen LogP contribution in [-0.4, -0.2) is 74.2 Å². The highest BCUT2D eigenvalue weighted by atomic mass is 16.5. The predicted octanol–water partition coefficient (Wildman–Crippen LogP) is 0.309. The maximum absolute atomic E-state index is 12.3. The summed E-state index contributed by atoms with van der Waals surface area (Å²) in [6.07, 6.45) is 3.53. The number of piperidine rings is 1. The third-order valence-corrected chi connectivity index (χ3v) is 3.92. The van der Waals surface area contributed by atoms with Gasteiger partial charge in [0.05, 0.1) is 12.6 Å². The summed E-state index contributed by atoms with van der Waals surface area (Å²) in [5.74, 6) is 0.270. The highest BCUT2D eigenvalue weighted by Gasteiger charge is 2.25. The molecule has 0 bridgehead atoms. The maximum Gasteiger partial charge on any atom is 0.236 e. The van der Waals surface area contributed by atoms with Crippen LogP contribution in [0.2, 0.25) is 0 Å². The summed E-state index contributed by atoms with van der Waals surface area (Å²) < 4.78 is 5.66. The Balaban J connectivity index is 1.78. The number of rotatable bonds is 4. The van der Waals surface area contributed by atoms with Crippen molar-refractivity contribution >= 4 is 5.91 Å². The smallest absolute Gasteiger partial charge is 0.236 e. The van der Waals surface area contributed by atoms with Gasteiger partial charge in [0.15, 0.2) is 0 Å². The first kappa shape index (κ1) is 14.8. The maximum atomic E-state index is 12.3. The van der Waals surface area contributed by atoms with E-state index in [2.05, 4.69) is 10.2 Å². The number of ether oxygens (including phenoxy) is 1. The Labute approximate surface area is 116 Å². The molecular formula is C14H27N3O2. The Hall–Kier alpha value is -0.650. The zero-order chi connectivity index (χ0) is 13.5. The summed E-state index contributed by atoms with van der Waals surface area (Å²) in [7, 11) is 0. The van der Waals surface area contributed by atoms with Gasteiger partial charge in [0.25, 0.3) is 0 Å². The molecule has 110 valence electrons. The molecule has 1 amide bonds. The molecule has 0 aromatic heterocycles. The lowest BCUT2D eigenvalue weighted by atomic mass is 10.1. The van der Waals surface area contributed by atoms with Crippen molar-refractivity contribution in [3.05, 3.63) is 0 Å². The van der Waals surface area contributed by atoms with Gasteiger partial charge in [-0.25, -0.2) is 0 Å². The van der Waals surface area contributed by atoms with Crippen molar-refractivity contribution in [3.63, 3.8) is 0 Å². The van der Waals surface area contributed by atoms with E-state index >= 15 is 0 Å². The van der Waals surface area contributed by atoms with Gasteiger partial charge in [-0.05, 0) is 39.3 Å². The molecule has 1 atom stereocenters. The van der Waals surface area contributed by atoms with Gasteiger partial charge >= 0.3 is 0 Å². The minimum Gasteiger partial charge on any atom is -0.377 e. The zero-order valence-corrected chi connectivity index (χ0v) is 12.1. The van der Waals surface area contributed by atoms with Gasteiger partial charge in [-0.2, -0.15) is 0 Å². The van der Waals surface area contributed by atoms with Crippen LogP contribution in [0.1, 0.15) is 26.2 Å². The van der Waals surface area contributed by atoms with Gasteiger partial charge in [-0.1, -0.05) is 0 Å². The van der Waals surface area contributed by atoms with E-state index in [4.69, 9.17) is 4.74 Å². The van der Waals surface area contributed by atoms with Crippen LogP contribution in [0.25, 0.3) is 0 Å². The molecule has 0 aliphatic carbocycles. The number of amides is 1. The molecule has 2 fully saturated rings. The first-order chi connectivity index (χ1) is 9.29. The van der Waals surface area contributed by atoms with E-state index in [9.17, 15) is 4.79 Å². The average Bonchev–Trinajstić information content (AvgIpc) is 2.68. The topological polar surface area (TPSA) is 44.8 Å². The lowest BCUT2D eigenvalue weighted by Crippen LogP contribution is -2.47. The third kappa shape index (κ3) is 4.75. The SMILES string of the molecule is CCOC1CCCN(C(=O)CN2CCCNCC2)C1. The van der Waals surface area contributed by atoms with Crippen molar-refractivity contribution in [2.75, 3.05) is 52.4 Å². The number of hydrogen-bond donors (Lipinski definition) is 1. The molecule has 2 heterocycles. The van der Waals surface area contributed by atoms with E-state index in [-0.39, 0.29) is 12.0 Å². The Morgan fingerprint density at radius 1 is 1.26 bits per heavy atom. The van der Waals surface area contributed by atoms with E-state index in [1.54, 1.807) is 0 Å². The third-order valence-electron chi connectivity index (χ3n) is 3.92. The molecule has 2 rings (SSSR count). The van der Waals surface area contributed by atoms with Crippen molar-refractivity contribution in [2.24, 2.45) is 0 Å². The van der Waals surface area contributed by atoms with Crippen LogP contribution >= 0.6 is 0 Å². The largest absolute Gasteiger partial charge is 0.377 e. The fourth-order valence-electron chi connectivity index (χ4n) is 2.89. The second-order valence-electron chi connectivity index (χ2n) is 5.44. The van der Waals surface area contributed by atoms with Crippen molar-refractivity contribution in [1.29, 1.82) is 0 Å². The van der Waals surface area contributed by atoms with Crippen molar-refractivity contribution in [1.82, 2.24) is 15.1 Å². The van der Waals surface area contributed by atoms with Gasteiger partial charge in [0.2, 0.25) is 5.91 Å². The first-order valence-electron chi connectivity index (χ1n) is 7.62. The molecule has 5 heteroatoms. The molecule has 2 saturated heterocycles. The lowest BCUT2D eigenvalue weighted by Gasteiger charge is -2.34. The molecular weight excluding hydrogens is 242 g/mol. The van der Waals surface area contributed by atoms with E-state index in [1.165, 1.54) is 0 Å². The molecule has 0 saturated carbocycles. The Bertz CT molecular complexity index is 276. The van der Waals surface area contributed by atoms with Crippen LogP contribution in [0, 0.1) is 0 Å². The molecule has 5 nitrogen and oxygen atoms in total. The normalized spacial score (nSPS) is 26.2. The van der Waals surface area contributed by atoms with Crippen LogP contribution in [0.5, 0.6) is 0 Å². The van der Waals surface area contributed by atoms with Crippen LogP contribution in [-0.2, 0) is 9.53 Å². The molecule has 0 radical (unpaired) electrons. The van der Waals surface area contributed by atoms with Crippen LogP contribution in [0.15, 0.2) is 0 Å². The summed E-state index contributed by atoms with van der Waals surface area (Å²) in [5.41, 5.74) is 0. The number of nitrogens with one attached hydrogen (secondary N) is 1. The van der Waals surface area contributed by atoms with Gasteiger partial charge in [-0.3, -0.25) is 9.69 Å². The van der Waals surface area contributed by atoms with Crippen LogP contribution in [0.4, 0.5) is 0 Å². The monoisotopic (exact) mass is 269 g/mol. The quantitative estimate of drug-likeness (QED) is 0.798. The predicted molar refractivity (Wildman–Crippen MR) is 75.2 cm³/mol. The molecule has 0 aromatic carbocycles. The molecule has 2 aliphatic heterocycles. The summed E-state index contributed by atoms with van der Waals surface area (Å²) >= 11 is 0. The number of nitrogens with zero attached hydrogens (tertiary/aromatic N) is 2. The summed E-state index contributed by atoms with van der Waals surface area (Å²) in [5, 5.41) is 3.37. The summed E-state index contributed by atoms with van der Waals surface area (Å²) in [6, 6.07) is 0. The van der Waals surface area contributed by atoms with E-state index in [0.29, 0.717) is 6.54 Å². The second kappa shape index (κ2) is 7.82. The number of hydrogen-bond acceptors (Lipinski definition) is 4. The van der Waals surface area contributed by atoms with Crippen molar-refractivity contribution in [3.8, 4) is 0 Å². The Morgan fingerprint density at radius 2 is 2.16 bits per heavy atom. The van der Waals surface area contributed by atoms with Crippen molar-refractivity contribution in [2.45, 2.75) is 32.3 Å². The van der Waals surface area contributed by atoms with Gasteiger partial charge < -0.3 is 15.0 Å². The number of carbonyl (C=O) groups excluding carboxylic acids is 1. The molecule has 2 aliphatic rings. The summed E-state index contributed by atoms with van der Waals surface area (Å²) in [6.45, 7) is 9.08. The molecule has 19 heavy (non-hydrogen) atoms. The van der Waals surface area contributed by atoms with Crippen molar-refractivity contribution < 1.29 is 9.53 Å². The Morgan fingerprint density at radius 3 is 3.00 bits per heavy atom.